The molecule has 1 N–H and O–H groups in total. The molecule has 2 aliphatic heterocycles. The van der Waals surface area contributed by atoms with Gasteiger partial charge in [0.05, 0.1) is 19.8 Å². The Hall–Kier alpha value is -1.96. The van der Waals surface area contributed by atoms with Crippen LogP contribution in [0.5, 0.6) is 0 Å². The molecule has 0 unspecified atom stereocenters. The third kappa shape index (κ3) is 3.68. The molecule has 2 atom stereocenters. The van der Waals surface area contributed by atoms with Gasteiger partial charge in [0.2, 0.25) is 0 Å². The zero-order valence-electron chi connectivity index (χ0n) is 14.3. The fourth-order valence-corrected chi connectivity index (χ4v) is 3.69. The summed E-state index contributed by atoms with van der Waals surface area (Å²) in [5.41, 5.74) is 1.23. The van der Waals surface area contributed by atoms with Crippen molar-refractivity contribution >= 4 is 11.6 Å². The SMILES string of the molecule is O=C(NC[C@@H]([C@@H]1CCOC1)N1CCOCC1)c1cn2ccccc2n1. The molecule has 0 radical (unpaired) electrons. The average Bonchev–Trinajstić information content (AvgIpc) is 3.32. The fraction of sp³-hybridized carbons (Fsp3) is 0.556. The lowest BCUT2D eigenvalue weighted by atomic mass is 9.97. The van der Waals surface area contributed by atoms with E-state index in [2.05, 4.69) is 15.2 Å². The smallest absolute Gasteiger partial charge is 0.271 e. The van der Waals surface area contributed by atoms with E-state index in [9.17, 15) is 4.79 Å². The summed E-state index contributed by atoms with van der Waals surface area (Å²) in [4.78, 5) is 19.4. The van der Waals surface area contributed by atoms with E-state index in [1.54, 1.807) is 6.20 Å². The van der Waals surface area contributed by atoms with Gasteiger partial charge in [-0.05, 0) is 18.6 Å². The van der Waals surface area contributed by atoms with Gasteiger partial charge in [-0.15, -0.1) is 0 Å². The van der Waals surface area contributed by atoms with E-state index >= 15 is 0 Å². The second-order valence-electron chi connectivity index (χ2n) is 6.64. The fourth-order valence-electron chi connectivity index (χ4n) is 3.69. The van der Waals surface area contributed by atoms with Crippen molar-refractivity contribution in [1.82, 2.24) is 19.6 Å². The summed E-state index contributed by atoms with van der Waals surface area (Å²) >= 11 is 0. The average molecular weight is 344 g/mol. The molecule has 2 fully saturated rings. The van der Waals surface area contributed by atoms with Crippen LogP contribution in [0.2, 0.25) is 0 Å². The van der Waals surface area contributed by atoms with Gasteiger partial charge in [-0.25, -0.2) is 4.98 Å². The monoisotopic (exact) mass is 344 g/mol. The lowest BCUT2D eigenvalue weighted by Gasteiger charge is -2.37. The van der Waals surface area contributed by atoms with Gasteiger partial charge in [-0.1, -0.05) is 6.07 Å². The van der Waals surface area contributed by atoms with Gasteiger partial charge < -0.3 is 19.2 Å². The number of nitrogens with one attached hydrogen (secondary N) is 1. The van der Waals surface area contributed by atoms with Gasteiger partial charge in [0.1, 0.15) is 11.3 Å². The maximum absolute atomic E-state index is 12.6. The minimum absolute atomic E-state index is 0.124. The predicted octanol–water partition coefficient (Wildman–Crippen LogP) is 0.801. The standard InChI is InChI=1S/C18H24N4O3/c23-18(15-12-22-5-2-1-3-17(22)20-15)19-11-16(14-4-8-25-13-14)21-6-9-24-10-7-21/h1-3,5,12,14,16H,4,6-11,13H2,(H,19,23)/t14-,16+/m1/s1. The zero-order valence-corrected chi connectivity index (χ0v) is 14.3. The molecule has 1 amide bonds. The lowest BCUT2D eigenvalue weighted by molar-refractivity contribution is 0.00165. The molecule has 134 valence electrons. The van der Waals surface area contributed by atoms with Crippen LogP contribution >= 0.6 is 0 Å². The summed E-state index contributed by atoms with van der Waals surface area (Å²) in [7, 11) is 0. The highest BCUT2D eigenvalue weighted by molar-refractivity contribution is 5.92. The van der Waals surface area contributed by atoms with Gasteiger partial charge in [-0.3, -0.25) is 9.69 Å². The van der Waals surface area contributed by atoms with Crippen molar-refractivity contribution in [3.8, 4) is 0 Å². The van der Waals surface area contributed by atoms with E-state index in [0.29, 0.717) is 18.2 Å². The van der Waals surface area contributed by atoms with Crippen LogP contribution in [0.15, 0.2) is 30.6 Å². The number of aromatic nitrogens is 2. The summed E-state index contributed by atoms with van der Waals surface area (Å²) in [6.07, 6.45) is 4.71. The van der Waals surface area contributed by atoms with E-state index in [1.807, 2.05) is 28.8 Å². The van der Waals surface area contributed by atoms with Crippen molar-refractivity contribution in [2.24, 2.45) is 5.92 Å². The number of hydrogen-bond acceptors (Lipinski definition) is 5. The first kappa shape index (κ1) is 16.5. The van der Waals surface area contributed by atoms with Crippen molar-refractivity contribution in [2.45, 2.75) is 12.5 Å². The Morgan fingerprint density at radius 1 is 1.28 bits per heavy atom. The molecule has 0 spiro atoms. The summed E-state index contributed by atoms with van der Waals surface area (Å²) in [5.74, 6) is 0.334. The molecular weight excluding hydrogens is 320 g/mol. The van der Waals surface area contributed by atoms with E-state index in [1.165, 1.54) is 0 Å². The first-order valence-electron chi connectivity index (χ1n) is 8.93. The number of carbonyl (C=O) groups is 1. The van der Waals surface area contributed by atoms with E-state index in [-0.39, 0.29) is 11.9 Å². The topological polar surface area (TPSA) is 68.1 Å². The van der Waals surface area contributed by atoms with Crippen LogP contribution in [0.3, 0.4) is 0 Å². The Morgan fingerprint density at radius 3 is 2.92 bits per heavy atom. The molecule has 2 aromatic heterocycles. The third-order valence-electron chi connectivity index (χ3n) is 5.09. The van der Waals surface area contributed by atoms with Crippen LogP contribution in [0.1, 0.15) is 16.9 Å². The summed E-state index contributed by atoms with van der Waals surface area (Å²) in [6, 6.07) is 6.01. The van der Waals surface area contributed by atoms with Crippen LogP contribution in [0.25, 0.3) is 5.65 Å². The van der Waals surface area contributed by atoms with Gasteiger partial charge in [0, 0.05) is 50.6 Å². The lowest BCUT2D eigenvalue weighted by Crippen LogP contribution is -2.52. The largest absolute Gasteiger partial charge is 0.381 e. The second kappa shape index (κ2) is 7.51. The number of nitrogens with zero attached hydrogens (tertiary/aromatic N) is 3. The van der Waals surface area contributed by atoms with Crippen molar-refractivity contribution in [1.29, 1.82) is 0 Å². The first-order valence-corrected chi connectivity index (χ1v) is 8.93. The Morgan fingerprint density at radius 2 is 2.16 bits per heavy atom. The molecule has 7 heteroatoms. The number of carbonyl (C=O) groups excluding carboxylic acids is 1. The quantitative estimate of drug-likeness (QED) is 0.869. The Kier molecular flexibility index (Phi) is 4.96. The molecule has 2 saturated heterocycles. The Balaban J connectivity index is 1.43. The van der Waals surface area contributed by atoms with E-state index in [4.69, 9.17) is 9.47 Å². The van der Waals surface area contributed by atoms with Crippen molar-refractivity contribution < 1.29 is 14.3 Å². The van der Waals surface area contributed by atoms with Crippen LogP contribution < -0.4 is 5.32 Å². The van der Waals surface area contributed by atoms with Crippen LogP contribution in [-0.4, -0.2) is 72.3 Å². The predicted molar refractivity (Wildman–Crippen MR) is 92.6 cm³/mol. The molecule has 0 saturated carbocycles. The highest BCUT2D eigenvalue weighted by Gasteiger charge is 2.32. The summed E-state index contributed by atoms with van der Waals surface area (Å²) in [6.45, 7) is 5.52. The molecular formula is C18H24N4O3. The minimum Gasteiger partial charge on any atom is -0.381 e. The van der Waals surface area contributed by atoms with Gasteiger partial charge >= 0.3 is 0 Å². The number of fused-ring (bicyclic) bond motifs is 1. The zero-order chi connectivity index (χ0) is 17.1. The number of amides is 1. The number of morpholine rings is 1. The molecule has 0 bridgehead atoms. The van der Waals surface area contributed by atoms with Crippen molar-refractivity contribution in [3.63, 3.8) is 0 Å². The molecule has 25 heavy (non-hydrogen) atoms. The number of hydrogen-bond donors (Lipinski definition) is 1. The number of rotatable bonds is 5. The molecule has 7 nitrogen and oxygen atoms in total. The van der Waals surface area contributed by atoms with Gasteiger partial charge in [-0.2, -0.15) is 0 Å². The molecule has 2 aromatic rings. The van der Waals surface area contributed by atoms with Gasteiger partial charge in [0.25, 0.3) is 5.91 Å². The maximum Gasteiger partial charge on any atom is 0.271 e. The number of pyridine rings is 1. The van der Waals surface area contributed by atoms with E-state index < -0.39 is 0 Å². The number of imidazole rings is 1. The first-order chi connectivity index (χ1) is 12.3. The normalized spacial score (nSPS) is 23.0. The molecule has 4 heterocycles. The van der Waals surface area contributed by atoms with Crippen molar-refractivity contribution in [3.05, 3.63) is 36.3 Å². The number of ether oxygens (including phenoxy) is 2. The van der Waals surface area contributed by atoms with Crippen molar-refractivity contribution in [2.75, 3.05) is 46.1 Å². The third-order valence-corrected chi connectivity index (χ3v) is 5.09. The van der Waals surface area contributed by atoms with E-state index in [0.717, 1.165) is 51.6 Å². The Labute approximate surface area is 146 Å². The van der Waals surface area contributed by atoms with Crippen LogP contribution in [0.4, 0.5) is 0 Å². The Bertz CT molecular complexity index is 687. The maximum atomic E-state index is 12.6. The van der Waals surface area contributed by atoms with Crippen LogP contribution in [0, 0.1) is 5.92 Å². The highest BCUT2D eigenvalue weighted by Crippen LogP contribution is 2.22. The summed E-state index contributed by atoms with van der Waals surface area (Å²) in [5, 5.41) is 3.08. The molecule has 2 aliphatic rings. The van der Waals surface area contributed by atoms with Crippen LogP contribution in [-0.2, 0) is 9.47 Å². The molecule has 0 aliphatic carbocycles. The minimum atomic E-state index is -0.124. The molecule has 0 aromatic carbocycles. The molecule has 4 rings (SSSR count). The second-order valence-corrected chi connectivity index (χ2v) is 6.64. The summed E-state index contributed by atoms with van der Waals surface area (Å²) < 4.78 is 12.9. The van der Waals surface area contributed by atoms with Gasteiger partial charge in [0.15, 0.2) is 0 Å². The highest BCUT2D eigenvalue weighted by atomic mass is 16.5.